The highest BCUT2D eigenvalue weighted by Gasteiger charge is 2.11. The van der Waals surface area contributed by atoms with Crippen LogP contribution in [0.4, 0.5) is 8.78 Å². The predicted octanol–water partition coefficient (Wildman–Crippen LogP) is 1.42. The minimum absolute atomic E-state index is 0.0628. The Bertz CT molecular complexity index is 464. The maximum Gasteiger partial charge on any atom is 0.255 e. The van der Waals surface area contributed by atoms with Crippen molar-refractivity contribution in [3.8, 4) is 11.8 Å². The zero-order valence-corrected chi connectivity index (χ0v) is 9.62. The van der Waals surface area contributed by atoms with E-state index in [0.29, 0.717) is 12.0 Å². The Labute approximate surface area is 104 Å². The number of aliphatic hydroxyl groups is 1. The lowest BCUT2D eigenvalue weighted by Gasteiger charge is -2.06. The van der Waals surface area contributed by atoms with Crippen LogP contribution in [-0.2, 0) is 0 Å². The number of carbonyl (C=O) groups excluding carboxylic acids is 1. The molecule has 0 atom stereocenters. The number of hydrogen-bond donors (Lipinski definition) is 2. The molecule has 0 heterocycles. The van der Waals surface area contributed by atoms with Crippen molar-refractivity contribution in [1.82, 2.24) is 5.32 Å². The fourth-order valence-electron chi connectivity index (χ4n) is 1.27. The van der Waals surface area contributed by atoms with E-state index in [-0.39, 0.29) is 12.2 Å². The highest BCUT2D eigenvalue weighted by atomic mass is 19.3. The third kappa shape index (κ3) is 4.52. The van der Waals surface area contributed by atoms with Gasteiger partial charge < -0.3 is 10.4 Å². The molecule has 0 saturated heterocycles. The number of amides is 1. The molecule has 1 rings (SSSR count). The van der Waals surface area contributed by atoms with Crippen molar-refractivity contribution in [3.63, 3.8) is 0 Å². The largest absolute Gasteiger partial charge is 0.395 e. The summed E-state index contributed by atoms with van der Waals surface area (Å²) < 4.78 is 24.0. The van der Waals surface area contributed by atoms with Crippen molar-refractivity contribution in [2.45, 2.75) is 12.8 Å². The molecule has 3 nitrogen and oxygen atoms in total. The van der Waals surface area contributed by atoms with E-state index in [1.165, 1.54) is 6.07 Å². The molecular weight excluding hydrogens is 240 g/mol. The number of rotatable bonds is 4. The molecule has 5 heteroatoms. The smallest absolute Gasteiger partial charge is 0.255 e. The van der Waals surface area contributed by atoms with E-state index in [4.69, 9.17) is 5.11 Å². The van der Waals surface area contributed by atoms with Crippen LogP contribution < -0.4 is 5.32 Å². The van der Waals surface area contributed by atoms with Gasteiger partial charge >= 0.3 is 0 Å². The highest BCUT2D eigenvalue weighted by molar-refractivity contribution is 5.96. The van der Waals surface area contributed by atoms with Crippen LogP contribution in [-0.4, -0.2) is 30.6 Å². The Balaban J connectivity index is 2.82. The average molecular weight is 253 g/mol. The summed E-state index contributed by atoms with van der Waals surface area (Å²) in [5.74, 6) is 4.83. The van der Waals surface area contributed by atoms with Crippen LogP contribution in [0.5, 0.6) is 0 Å². The Morgan fingerprint density at radius 2 is 2.11 bits per heavy atom. The van der Waals surface area contributed by atoms with Crippen molar-refractivity contribution in [1.29, 1.82) is 0 Å². The molecule has 0 saturated carbocycles. The monoisotopic (exact) mass is 253 g/mol. The summed E-state index contributed by atoms with van der Waals surface area (Å²) in [4.78, 5) is 11.6. The second-order valence-electron chi connectivity index (χ2n) is 3.42. The van der Waals surface area contributed by atoms with E-state index in [9.17, 15) is 13.6 Å². The molecule has 2 N–H and O–H groups in total. The first-order valence-corrected chi connectivity index (χ1v) is 5.40. The summed E-state index contributed by atoms with van der Waals surface area (Å²) in [5.41, 5.74) is 0.710. The fourth-order valence-corrected chi connectivity index (χ4v) is 1.27. The summed E-state index contributed by atoms with van der Waals surface area (Å²) >= 11 is 0. The van der Waals surface area contributed by atoms with Crippen molar-refractivity contribution in [2.75, 3.05) is 13.2 Å². The molecule has 0 fully saturated rings. The maximum absolute atomic E-state index is 12.0. The molecule has 0 radical (unpaired) electrons. The molecule has 0 aliphatic heterocycles. The number of nitrogens with one attached hydrogen (secondary N) is 1. The lowest BCUT2D eigenvalue weighted by atomic mass is 10.1. The zero-order chi connectivity index (χ0) is 13.4. The molecule has 0 aromatic heterocycles. The van der Waals surface area contributed by atoms with Gasteiger partial charge in [0, 0.05) is 12.0 Å². The quantitative estimate of drug-likeness (QED) is 0.797. The normalized spacial score (nSPS) is 9.78. The van der Waals surface area contributed by atoms with Crippen LogP contribution in [0.1, 0.15) is 22.3 Å². The van der Waals surface area contributed by atoms with Crippen molar-refractivity contribution >= 4 is 5.91 Å². The van der Waals surface area contributed by atoms with Crippen LogP contribution in [0, 0.1) is 11.8 Å². The van der Waals surface area contributed by atoms with Gasteiger partial charge in [0.25, 0.3) is 12.3 Å². The van der Waals surface area contributed by atoms with Gasteiger partial charge in [-0.05, 0) is 12.1 Å². The zero-order valence-electron chi connectivity index (χ0n) is 9.62. The van der Waals surface area contributed by atoms with Crippen molar-refractivity contribution in [2.24, 2.45) is 0 Å². The van der Waals surface area contributed by atoms with Gasteiger partial charge in [0.05, 0.1) is 18.7 Å². The Morgan fingerprint density at radius 1 is 1.39 bits per heavy atom. The Kier molecular flexibility index (Phi) is 5.81. The highest BCUT2D eigenvalue weighted by Crippen LogP contribution is 2.07. The number of halogens is 2. The van der Waals surface area contributed by atoms with Gasteiger partial charge in [0.1, 0.15) is 0 Å². The molecule has 0 unspecified atom stereocenters. The topological polar surface area (TPSA) is 49.3 Å². The van der Waals surface area contributed by atoms with Crippen LogP contribution in [0.2, 0.25) is 0 Å². The molecule has 0 bridgehead atoms. The molecule has 1 aromatic rings. The molecule has 18 heavy (non-hydrogen) atoms. The number of carbonyl (C=O) groups is 1. The first-order valence-electron chi connectivity index (χ1n) is 5.40. The Morgan fingerprint density at radius 3 is 2.78 bits per heavy atom. The first kappa shape index (κ1) is 14.1. The molecule has 0 spiro atoms. The van der Waals surface area contributed by atoms with Gasteiger partial charge in [0.15, 0.2) is 0 Å². The Hall–Kier alpha value is -1.93. The van der Waals surface area contributed by atoms with Crippen LogP contribution in [0.25, 0.3) is 0 Å². The SMILES string of the molecule is O=C(NCC(F)F)c1ccccc1C#CCCO. The van der Waals surface area contributed by atoms with E-state index >= 15 is 0 Å². The van der Waals surface area contributed by atoms with E-state index < -0.39 is 18.9 Å². The van der Waals surface area contributed by atoms with E-state index in [0.717, 1.165) is 0 Å². The first-order chi connectivity index (χ1) is 8.65. The number of benzene rings is 1. The summed E-state index contributed by atoms with van der Waals surface area (Å²) in [6.45, 7) is -0.746. The van der Waals surface area contributed by atoms with Crippen molar-refractivity contribution < 1.29 is 18.7 Å². The van der Waals surface area contributed by atoms with Gasteiger partial charge in [-0.1, -0.05) is 24.0 Å². The van der Waals surface area contributed by atoms with Gasteiger partial charge in [-0.3, -0.25) is 4.79 Å². The minimum Gasteiger partial charge on any atom is -0.395 e. The molecular formula is C13H13F2NO2. The summed E-state index contributed by atoms with van der Waals surface area (Å²) in [7, 11) is 0. The molecule has 1 aromatic carbocycles. The summed E-state index contributed by atoms with van der Waals surface area (Å²) in [5, 5.41) is 10.7. The second-order valence-corrected chi connectivity index (χ2v) is 3.42. The van der Waals surface area contributed by atoms with Gasteiger partial charge in [0.2, 0.25) is 0 Å². The van der Waals surface area contributed by atoms with Gasteiger partial charge in [-0.25, -0.2) is 8.78 Å². The number of alkyl halides is 2. The standard InChI is InChI=1S/C13H13F2NO2/c14-12(15)9-16-13(18)11-7-2-1-5-10(11)6-3-4-8-17/h1-2,5,7,12,17H,4,8-9H2,(H,16,18). The molecule has 0 aliphatic rings. The van der Waals surface area contributed by atoms with E-state index in [2.05, 4.69) is 17.2 Å². The third-order valence-corrected chi connectivity index (χ3v) is 2.05. The lowest BCUT2D eigenvalue weighted by molar-refractivity contribution is 0.0891. The maximum atomic E-state index is 12.0. The molecule has 1 amide bonds. The van der Waals surface area contributed by atoms with Crippen LogP contribution in [0.3, 0.4) is 0 Å². The van der Waals surface area contributed by atoms with Crippen molar-refractivity contribution in [3.05, 3.63) is 35.4 Å². The third-order valence-electron chi connectivity index (χ3n) is 2.05. The van der Waals surface area contributed by atoms with E-state index in [1.807, 2.05) is 0 Å². The average Bonchev–Trinajstić information content (AvgIpc) is 2.37. The van der Waals surface area contributed by atoms with E-state index in [1.54, 1.807) is 18.2 Å². The van der Waals surface area contributed by atoms with Crippen LogP contribution >= 0.6 is 0 Å². The summed E-state index contributed by atoms with van der Waals surface area (Å²) in [6.07, 6.45) is -2.28. The second kappa shape index (κ2) is 7.41. The molecule has 96 valence electrons. The fraction of sp³-hybridized carbons (Fsp3) is 0.308. The predicted molar refractivity (Wildman–Crippen MR) is 63.4 cm³/mol. The summed E-state index contributed by atoms with van der Waals surface area (Å²) in [6, 6.07) is 6.48. The van der Waals surface area contributed by atoms with Gasteiger partial charge in [-0.2, -0.15) is 0 Å². The number of aliphatic hydroxyl groups excluding tert-OH is 1. The molecule has 0 aliphatic carbocycles. The minimum atomic E-state index is -2.58. The lowest BCUT2D eigenvalue weighted by Crippen LogP contribution is -2.29. The number of hydrogen-bond acceptors (Lipinski definition) is 2. The van der Waals surface area contributed by atoms with Gasteiger partial charge in [-0.15, -0.1) is 0 Å². The van der Waals surface area contributed by atoms with Crippen LogP contribution in [0.15, 0.2) is 24.3 Å².